The molecule has 5 nitrogen and oxygen atoms in total. The molecule has 0 aliphatic heterocycles. The van der Waals surface area contributed by atoms with Gasteiger partial charge in [-0.2, -0.15) is 0 Å². The third-order valence-electron chi connectivity index (χ3n) is 4.41. The molecular weight excluding hydrogens is 280 g/mol. The molecule has 1 aromatic rings. The van der Waals surface area contributed by atoms with Crippen LogP contribution in [0.1, 0.15) is 48.9 Å². The van der Waals surface area contributed by atoms with Gasteiger partial charge in [-0.05, 0) is 49.9 Å². The summed E-state index contributed by atoms with van der Waals surface area (Å²) in [6, 6.07) is 6.73. The highest BCUT2D eigenvalue weighted by Crippen LogP contribution is 2.30. The number of amides is 2. The number of carbonyl (C=O) groups is 2. The van der Waals surface area contributed by atoms with Gasteiger partial charge >= 0.3 is 0 Å². The Labute approximate surface area is 130 Å². The van der Waals surface area contributed by atoms with Crippen LogP contribution in [0.4, 0.5) is 5.69 Å². The molecule has 3 rings (SSSR count). The largest absolute Gasteiger partial charge is 0.391 e. The molecule has 118 valence electrons. The van der Waals surface area contributed by atoms with Crippen LogP contribution in [-0.2, 0) is 4.79 Å². The van der Waals surface area contributed by atoms with Crippen LogP contribution in [0.25, 0.3) is 0 Å². The summed E-state index contributed by atoms with van der Waals surface area (Å²) in [5.41, 5.74) is 1.26. The van der Waals surface area contributed by atoms with Gasteiger partial charge in [0, 0.05) is 17.2 Å². The predicted molar refractivity (Wildman–Crippen MR) is 83.5 cm³/mol. The minimum atomic E-state index is -0.449. The first-order valence-corrected chi connectivity index (χ1v) is 8.03. The zero-order valence-corrected chi connectivity index (χ0v) is 12.5. The smallest absolute Gasteiger partial charge is 0.251 e. The number of benzene rings is 1. The van der Waals surface area contributed by atoms with Crippen LogP contribution >= 0.6 is 0 Å². The molecule has 2 aliphatic rings. The second-order valence-corrected chi connectivity index (χ2v) is 6.27. The molecule has 3 N–H and O–H groups in total. The van der Waals surface area contributed by atoms with Crippen molar-refractivity contribution in [2.45, 2.75) is 50.7 Å². The summed E-state index contributed by atoms with van der Waals surface area (Å²) in [6.07, 6.45) is 5.11. The predicted octanol–water partition coefficient (Wildman–Crippen LogP) is 2.07. The quantitative estimate of drug-likeness (QED) is 0.796. The molecule has 0 bridgehead atoms. The third-order valence-corrected chi connectivity index (χ3v) is 4.41. The summed E-state index contributed by atoms with van der Waals surface area (Å²) in [5.74, 6) is 0.0457. The second-order valence-electron chi connectivity index (χ2n) is 6.27. The monoisotopic (exact) mass is 302 g/mol. The van der Waals surface area contributed by atoms with E-state index in [0.717, 1.165) is 38.5 Å². The highest BCUT2D eigenvalue weighted by Gasteiger charge is 2.29. The normalized spacial score (nSPS) is 24.6. The molecule has 0 aromatic heterocycles. The Hall–Kier alpha value is -1.88. The Morgan fingerprint density at radius 1 is 1.00 bits per heavy atom. The van der Waals surface area contributed by atoms with E-state index in [2.05, 4.69) is 10.6 Å². The lowest BCUT2D eigenvalue weighted by molar-refractivity contribution is -0.117. The maximum atomic E-state index is 12.2. The van der Waals surface area contributed by atoms with Crippen molar-refractivity contribution in [3.8, 4) is 0 Å². The van der Waals surface area contributed by atoms with Crippen molar-refractivity contribution < 1.29 is 14.7 Å². The summed E-state index contributed by atoms with van der Waals surface area (Å²) >= 11 is 0. The van der Waals surface area contributed by atoms with Gasteiger partial charge in [-0.25, -0.2) is 0 Å². The molecule has 1 aromatic carbocycles. The van der Waals surface area contributed by atoms with Crippen LogP contribution in [0.5, 0.6) is 0 Å². The molecule has 22 heavy (non-hydrogen) atoms. The number of rotatable bonds is 4. The van der Waals surface area contributed by atoms with Crippen molar-refractivity contribution >= 4 is 17.5 Å². The van der Waals surface area contributed by atoms with E-state index in [9.17, 15) is 14.7 Å². The Kier molecular flexibility index (Phi) is 4.43. The second kappa shape index (κ2) is 6.48. The summed E-state index contributed by atoms with van der Waals surface area (Å²) < 4.78 is 0. The van der Waals surface area contributed by atoms with Crippen LogP contribution in [0, 0.1) is 5.92 Å². The Balaban J connectivity index is 1.57. The summed E-state index contributed by atoms with van der Waals surface area (Å²) in [7, 11) is 0. The summed E-state index contributed by atoms with van der Waals surface area (Å²) in [6.45, 7) is 0. The molecule has 2 atom stereocenters. The Morgan fingerprint density at radius 3 is 2.32 bits per heavy atom. The van der Waals surface area contributed by atoms with E-state index in [4.69, 9.17) is 0 Å². The van der Waals surface area contributed by atoms with Crippen LogP contribution in [0.2, 0.25) is 0 Å². The lowest BCUT2D eigenvalue weighted by Crippen LogP contribution is -2.45. The van der Waals surface area contributed by atoms with E-state index in [-0.39, 0.29) is 23.8 Å². The fourth-order valence-electron chi connectivity index (χ4n) is 2.83. The van der Waals surface area contributed by atoms with Crippen molar-refractivity contribution in [1.82, 2.24) is 5.32 Å². The minimum absolute atomic E-state index is 0.0579. The van der Waals surface area contributed by atoms with Gasteiger partial charge in [0.05, 0.1) is 12.1 Å². The van der Waals surface area contributed by atoms with Crippen molar-refractivity contribution in [3.63, 3.8) is 0 Å². The number of hydrogen-bond acceptors (Lipinski definition) is 3. The lowest BCUT2D eigenvalue weighted by atomic mass is 9.92. The summed E-state index contributed by atoms with van der Waals surface area (Å²) in [4.78, 5) is 23.9. The van der Waals surface area contributed by atoms with Crippen LogP contribution in [0.3, 0.4) is 0 Å². The van der Waals surface area contributed by atoms with Crippen molar-refractivity contribution in [2.75, 3.05) is 5.32 Å². The van der Waals surface area contributed by atoms with E-state index in [1.807, 2.05) is 0 Å². The Morgan fingerprint density at radius 2 is 1.68 bits per heavy atom. The SMILES string of the molecule is O=C(N[C@H]1CCCC[C@@H]1O)c1ccc(NC(=O)C2CC2)cc1. The van der Waals surface area contributed by atoms with Crippen LogP contribution in [0.15, 0.2) is 24.3 Å². The van der Waals surface area contributed by atoms with Gasteiger partial charge in [-0.1, -0.05) is 12.8 Å². The zero-order chi connectivity index (χ0) is 15.5. The van der Waals surface area contributed by atoms with Crippen LogP contribution < -0.4 is 10.6 Å². The van der Waals surface area contributed by atoms with E-state index in [1.54, 1.807) is 24.3 Å². The van der Waals surface area contributed by atoms with Gasteiger partial charge in [0.25, 0.3) is 5.91 Å². The molecule has 0 saturated heterocycles. The highest BCUT2D eigenvalue weighted by atomic mass is 16.3. The Bertz CT molecular complexity index is 552. The minimum Gasteiger partial charge on any atom is -0.391 e. The standard InChI is InChI=1S/C17H22N2O3/c20-15-4-2-1-3-14(15)19-17(22)12-7-9-13(10-8-12)18-16(21)11-5-6-11/h7-11,14-15,20H,1-6H2,(H,18,21)(H,19,22)/t14-,15-/m0/s1. The topological polar surface area (TPSA) is 78.4 Å². The first-order valence-electron chi connectivity index (χ1n) is 8.03. The van der Waals surface area contributed by atoms with Gasteiger partial charge in [0.1, 0.15) is 0 Å². The zero-order valence-electron chi connectivity index (χ0n) is 12.5. The molecular formula is C17H22N2O3. The van der Waals surface area contributed by atoms with Gasteiger partial charge in [0.15, 0.2) is 0 Å². The molecule has 0 heterocycles. The van der Waals surface area contributed by atoms with Gasteiger partial charge in [-0.15, -0.1) is 0 Å². The number of aliphatic hydroxyl groups excluding tert-OH is 1. The van der Waals surface area contributed by atoms with Crippen molar-refractivity contribution in [3.05, 3.63) is 29.8 Å². The molecule has 0 unspecified atom stereocenters. The average molecular weight is 302 g/mol. The number of hydrogen-bond donors (Lipinski definition) is 3. The van der Waals surface area contributed by atoms with Gasteiger partial charge in [-0.3, -0.25) is 9.59 Å². The van der Waals surface area contributed by atoms with E-state index in [0.29, 0.717) is 11.3 Å². The maximum Gasteiger partial charge on any atom is 0.251 e. The van der Waals surface area contributed by atoms with E-state index in [1.165, 1.54) is 0 Å². The molecule has 2 amide bonds. The van der Waals surface area contributed by atoms with Gasteiger partial charge < -0.3 is 15.7 Å². The fourth-order valence-corrected chi connectivity index (χ4v) is 2.83. The van der Waals surface area contributed by atoms with Crippen molar-refractivity contribution in [2.24, 2.45) is 5.92 Å². The first-order chi connectivity index (χ1) is 10.6. The lowest BCUT2D eigenvalue weighted by Gasteiger charge is -2.28. The maximum absolute atomic E-state index is 12.2. The highest BCUT2D eigenvalue weighted by molar-refractivity contribution is 5.96. The molecule has 0 radical (unpaired) electrons. The van der Waals surface area contributed by atoms with Crippen LogP contribution in [-0.4, -0.2) is 29.1 Å². The molecule has 2 fully saturated rings. The fraction of sp³-hybridized carbons (Fsp3) is 0.529. The number of carbonyl (C=O) groups excluding carboxylic acids is 2. The van der Waals surface area contributed by atoms with Crippen molar-refractivity contribution in [1.29, 1.82) is 0 Å². The third kappa shape index (κ3) is 3.65. The summed E-state index contributed by atoms with van der Waals surface area (Å²) in [5, 5.41) is 15.6. The number of nitrogens with one attached hydrogen (secondary N) is 2. The molecule has 5 heteroatoms. The number of anilines is 1. The van der Waals surface area contributed by atoms with E-state index >= 15 is 0 Å². The molecule has 0 spiro atoms. The molecule has 2 aliphatic carbocycles. The van der Waals surface area contributed by atoms with E-state index < -0.39 is 6.10 Å². The van der Waals surface area contributed by atoms with Gasteiger partial charge in [0.2, 0.25) is 5.91 Å². The molecule has 2 saturated carbocycles. The first kappa shape index (κ1) is 15.0. The number of aliphatic hydroxyl groups is 1. The average Bonchev–Trinajstić information content (AvgIpc) is 3.35.